The Morgan fingerprint density at radius 3 is 2.62 bits per heavy atom. The van der Waals surface area contributed by atoms with Crippen LogP contribution >= 0.6 is 11.6 Å². The highest BCUT2D eigenvalue weighted by molar-refractivity contribution is 7.92. The summed E-state index contributed by atoms with van der Waals surface area (Å²) < 4.78 is 26.9. The number of nitrogens with zero attached hydrogens (tertiary/aromatic N) is 1. The first-order valence-electron chi connectivity index (χ1n) is 6.11. The standard InChI is InChI=1S/C14H14ClN3O2S/c1-2-9-16-14-8-7-11(10-17-14)18-21(19,20)13-6-4-3-5-12(13)15/h2-8,10,18H,1,9H2,(H,16,17). The third-order valence-corrected chi connectivity index (χ3v) is 4.45. The lowest BCUT2D eigenvalue weighted by Crippen LogP contribution is -2.13. The largest absolute Gasteiger partial charge is 0.367 e. The zero-order chi connectivity index (χ0) is 15.3. The summed E-state index contributed by atoms with van der Waals surface area (Å²) in [6, 6.07) is 9.54. The summed E-state index contributed by atoms with van der Waals surface area (Å²) in [6.45, 7) is 4.17. The maximum absolute atomic E-state index is 12.2. The Morgan fingerprint density at radius 2 is 2.00 bits per heavy atom. The van der Waals surface area contributed by atoms with Crippen LogP contribution in [0.3, 0.4) is 0 Å². The molecule has 2 aromatic rings. The minimum Gasteiger partial charge on any atom is -0.367 e. The molecule has 5 nitrogen and oxygen atoms in total. The summed E-state index contributed by atoms with van der Waals surface area (Å²) >= 11 is 5.90. The Hall–Kier alpha value is -2.05. The van der Waals surface area contributed by atoms with Crippen molar-refractivity contribution in [2.75, 3.05) is 16.6 Å². The topological polar surface area (TPSA) is 71.1 Å². The molecule has 0 aliphatic carbocycles. The number of anilines is 2. The summed E-state index contributed by atoms with van der Waals surface area (Å²) in [4.78, 5) is 4.13. The second kappa shape index (κ2) is 6.60. The van der Waals surface area contributed by atoms with Crippen LogP contribution < -0.4 is 10.0 Å². The Balaban J connectivity index is 2.17. The fraction of sp³-hybridized carbons (Fsp3) is 0.0714. The van der Waals surface area contributed by atoms with Gasteiger partial charge in [-0.15, -0.1) is 6.58 Å². The van der Waals surface area contributed by atoms with Gasteiger partial charge in [-0.2, -0.15) is 0 Å². The molecular formula is C14H14ClN3O2S. The van der Waals surface area contributed by atoms with E-state index in [0.29, 0.717) is 18.1 Å². The molecule has 0 unspecified atom stereocenters. The van der Waals surface area contributed by atoms with Gasteiger partial charge in [0.15, 0.2) is 0 Å². The third kappa shape index (κ3) is 3.96. The molecule has 2 rings (SSSR count). The highest BCUT2D eigenvalue weighted by atomic mass is 35.5. The van der Waals surface area contributed by atoms with Crippen LogP contribution in [0.15, 0.2) is 60.1 Å². The first-order chi connectivity index (χ1) is 10.0. The lowest BCUT2D eigenvalue weighted by Gasteiger charge is -2.09. The molecule has 0 fully saturated rings. The monoisotopic (exact) mass is 323 g/mol. The molecule has 1 aromatic heterocycles. The van der Waals surface area contributed by atoms with Crippen LogP contribution in [0.25, 0.3) is 0 Å². The summed E-state index contributed by atoms with van der Waals surface area (Å²) in [5, 5.41) is 3.17. The van der Waals surface area contributed by atoms with Crippen LogP contribution in [0.4, 0.5) is 11.5 Å². The van der Waals surface area contributed by atoms with Crippen molar-refractivity contribution in [2.45, 2.75) is 4.90 Å². The van der Waals surface area contributed by atoms with Crippen LogP contribution in [0.2, 0.25) is 5.02 Å². The Morgan fingerprint density at radius 1 is 1.24 bits per heavy atom. The molecule has 0 saturated heterocycles. The maximum Gasteiger partial charge on any atom is 0.263 e. The highest BCUT2D eigenvalue weighted by Gasteiger charge is 2.17. The number of pyridine rings is 1. The first-order valence-corrected chi connectivity index (χ1v) is 7.97. The lowest BCUT2D eigenvalue weighted by atomic mass is 10.4. The molecular weight excluding hydrogens is 310 g/mol. The number of benzene rings is 1. The summed E-state index contributed by atoms with van der Waals surface area (Å²) in [6.07, 6.45) is 3.13. The van der Waals surface area contributed by atoms with Gasteiger partial charge in [-0.3, -0.25) is 4.72 Å². The number of nitrogens with one attached hydrogen (secondary N) is 2. The molecule has 0 radical (unpaired) electrons. The predicted molar refractivity (Wildman–Crippen MR) is 85.2 cm³/mol. The van der Waals surface area contributed by atoms with Crippen LogP contribution in [0.5, 0.6) is 0 Å². The molecule has 0 bridgehead atoms. The molecule has 0 spiro atoms. The summed E-state index contributed by atoms with van der Waals surface area (Å²) in [7, 11) is -3.73. The molecule has 1 heterocycles. The molecule has 21 heavy (non-hydrogen) atoms. The molecule has 1 aromatic carbocycles. The maximum atomic E-state index is 12.2. The lowest BCUT2D eigenvalue weighted by molar-refractivity contribution is 0.601. The number of sulfonamides is 1. The average molecular weight is 324 g/mol. The zero-order valence-corrected chi connectivity index (χ0v) is 12.7. The normalized spacial score (nSPS) is 10.9. The molecule has 0 amide bonds. The van der Waals surface area contributed by atoms with Gasteiger partial charge < -0.3 is 5.32 Å². The van der Waals surface area contributed by atoms with Gasteiger partial charge in [-0.1, -0.05) is 29.8 Å². The average Bonchev–Trinajstić information content (AvgIpc) is 2.46. The van der Waals surface area contributed by atoms with Crippen molar-refractivity contribution in [1.29, 1.82) is 0 Å². The molecule has 0 atom stereocenters. The van der Waals surface area contributed by atoms with Crippen molar-refractivity contribution in [3.05, 3.63) is 60.3 Å². The fourth-order valence-corrected chi connectivity index (χ4v) is 3.17. The zero-order valence-electron chi connectivity index (χ0n) is 11.1. The van der Waals surface area contributed by atoms with Crippen LogP contribution in [-0.4, -0.2) is 19.9 Å². The van der Waals surface area contributed by atoms with Gasteiger partial charge in [0.05, 0.1) is 16.9 Å². The minimum absolute atomic E-state index is 0.0283. The number of hydrogen-bond donors (Lipinski definition) is 2. The van der Waals surface area contributed by atoms with Gasteiger partial charge >= 0.3 is 0 Å². The molecule has 0 saturated carbocycles. The van der Waals surface area contributed by atoms with Crippen molar-refractivity contribution in [1.82, 2.24) is 4.98 Å². The van der Waals surface area contributed by atoms with Crippen molar-refractivity contribution < 1.29 is 8.42 Å². The third-order valence-electron chi connectivity index (χ3n) is 2.57. The van der Waals surface area contributed by atoms with E-state index in [9.17, 15) is 8.42 Å². The quantitative estimate of drug-likeness (QED) is 0.801. The van der Waals surface area contributed by atoms with Gasteiger partial charge in [0.1, 0.15) is 10.7 Å². The molecule has 110 valence electrons. The smallest absolute Gasteiger partial charge is 0.263 e. The van der Waals surface area contributed by atoms with E-state index in [4.69, 9.17) is 11.6 Å². The van der Waals surface area contributed by atoms with E-state index in [1.165, 1.54) is 18.3 Å². The van der Waals surface area contributed by atoms with Crippen molar-refractivity contribution in [3.8, 4) is 0 Å². The number of hydrogen-bond acceptors (Lipinski definition) is 4. The summed E-state index contributed by atoms with van der Waals surface area (Å²) in [5.74, 6) is 0.635. The molecule has 7 heteroatoms. The van der Waals surface area contributed by atoms with Gasteiger partial charge in [0, 0.05) is 6.54 Å². The molecule has 0 aliphatic rings. The molecule has 2 N–H and O–H groups in total. The van der Waals surface area contributed by atoms with Crippen molar-refractivity contribution in [3.63, 3.8) is 0 Å². The van der Waals surface area contributed by atoms with E-state index in [-0.39, 0.29) is 9.92 Å². The number of aromatic nitrogens is 1. The first kappa shape index (κ1) is 15.3. The van der Waals surface area contributed by atoms with Crippen molar-refractivity contribution in [2.24, 2.45) is 0 Å². The highest BCUT2D eigenvalue weighted by Crippen LogP contribution is 2.23. The van der Waals surface area contributed by atoms with Gasteiger partial charge in [0.2, 0.25) is 0 Å². The van der Waals surface area contributed by atoms with Crippen LogP contribution in [0.1, 0.15) is 0 Å². The van der Waals surface area contributed by atoms with Crippen LogP contribution in [-0.2, 0) is 10.0 Å². The van der Waals surface area contributed by atoms with Gasteiger partial charge in [0.25, 0.3) is 10.0 Å². The van der Waals surface area contributed by atoms with E-state index in [1.54, 1.807) is 30.3 Å². The summed E-state index contributed by atoms with van der Waals surface area (Å²) in [5.41, 5.74) is 0.360. The Kier molecular flexibility index (Phi) is 4.82. The molecule has 0 aliphatic heterocycles. The second-order valence-corrected chi connectivity index (χ2v) is 6.20. The second-order valence-electron chi connectivity index (χ2n) is 4.14. The van der Waals surface area contributed by atoms with E-state index in [2.05, 4.69) is 21.6 Å². The van der Waals surface area contributed by atoms with E-state index >= 15 is 0 Å². The van der Waals surface area contributed by atoms with Crippen molar-refractivity contribution >= 4 is 33.1 Å². The number of halogens is 1. The van der Waals surface area contributed by atoms with E-state index in [0.717, 1.165) is 0 Å². The fourth-order valence-electron chi connectivity index (χ4n) is 1.61. The SMILES string of the molecule is C=CCNc1ccc(NS(=O)(=O)c2ccccc2Cl)cn1. The van der Waals surface area contributed by atoms with Crippen LogP contribution in [0, 0.1) is 0 Å². The Labute approximate surface area is 128 Å². The Bertz CT molecular complexity index is 730. The van der Waals surface area contributed by atoms with E-state index < -0.39 is 10.0 Å². The minimum atomic E-state index is -3.73. The van der Waals surface area contributed by atoms with E-state index in [1.807, 2.05) is 0 Å². The number of rotatable bonds is 6. The predicted octanol–water partition coefficient (Wildman–Crippen LogP) is 3.13. The van der Waals surface area contributed by atoms with Gasteiger partial charge in [-0.05, 0) is 24.3 Å². The van der Waals surface area contributed by atoms with Gasteiger partial charge in [-0.25, -0.2) is 13.4 Å².